The van der Waals surface area contributed by atoms with Gasteiger partial charge in [-0.25, -0.2) is 9.69 Å². The number of nitrogens with zero attached hydrogens (tertiary/aromatic N) is 2. The van der Waals surface area contributed by atoms with Gasteiger partial charge in [0, 0.05) is 18.3 Å². The van der Waals surface area contributed by atoms with E-state index in [9.17, 15) is 28.9 Å². The van der Waals surface area contributed by atoms with E-state index in [2.05, 4.69) is 10.6 Å². The van der Waals surface area contributed by atoms with Gasteiger partial charge in [0.05, 0.1) is 17.2 Å². The van der Waals surface area contributed by atoms with Crippen LogP contribution < -0.4 is 20.3 Å². The minimum atomic E-state index is -1.28. The monoisotopic (exact) mass is 416 g/mol. The van der Waals surface area contributed by atoms with Crippen molar-refractivity contribution in [3.05, 3.63) is 58.4 Å². The molecule has 0 saturated carbocycles. The number of anilines is 2. The summed E-state index contributed by atoms with van der Waals surface area (Å²) in [6.07, 6.45) is 0. The summed E-state index contributed by atoms with van der Waals surface area (Å²) in [5.41, 5.74) is -0.617. The van der Waals surface area contributed by atoms with Crippen LogP contribution in [0.25, 0.3) is 0 Å². The van der Waals surface area contributed by atoms with Gasteiger partial charge in [0.1, 0.15) is 11.7 Å². The molecule has 3 rings (SSSR count). The van der Waals surface area contributed by atoms with Crippen LogP contribution in [0.4, 0.5) is 26.2 Å². The summed E-state index contributed by atoms with van der Waals surface area (Å²) in [5, 5.41) is 15.7. The van der Waals surface area contributed by atoms with Crippen LogP contribution in [0.1, 0.15) is 6.92 Å². The number of hydrogen-bond acceptors (Lipinski definition) is 6. The maximum atomic E-state index is 13.5. The first kappa shape index (κ1) is 20.7. The van der Waals surface area contributed by atoms with Crippen LogP contribution >= 0.6 is 0 Å². The number of ether oxygens (including phenoxy) is 1. The fraction of sp³-hybridized carbons (Fsp3) is 0.211. The van der Waals surface area contributed by atoms with Crippen LogP contribution in [0.15, 0.2) is 42.5 Å². The normalized spacial score (nSPS) is 16.1. The Bertz CT molecular complexity index is 1010. The Labute approximate surface area is 169 Å². The zero-order chi connectivity index (χ0) is 21.8. The third-order valence-electron chi connectivity index (χ3n) is 4.31. The molecule has 30 heavy (non-hydrogen) atoms. The zero-order valence-electron chi connectivity index (χ0n) is 15.8. The molecule has 156 valence electrons. The Balaban J connectivity index is 1.78. The first-order chi connectivity index (χ1) is 14.3. The van der Waals surface area contributed by atoms with Crippen molar-refractivity contribution in [2.75, 3.05) is 23.4 Å². The number of rotatable bonds is 6. The Hall–Kier alpha value is -4.02. The van der Waals surface area contributed by atoms with Crippen LogP contribution in [0.2, 0.25) is 0 Å². The SMILES string of the molecule is CCOc1ccc(N2C(=O)NCC(C(=O)Nc3ccc(F)c([N+](=O)[O-])c3)C2=O)cc1. The first-order valence-corrected chi connectivity index (χ1v) is 8.91. The van der Waals surface area contributed by atoms with E-state index in [1.54, 1.807) is 12.1 Å². The molecule has 1 fully saturated rings. The fourth-order valence-electron chi connectivity index (χ4n) is 2.88. The van der Waals surface area contributed by atoms with E-state index in [0.717, 1.165) is 23.1 Å². The number of nitro benzene ring substituents is 1. The maximum absolute atomic E-state index is 13.5. The number of amides is 4. The average molecular weight is 416 g/mol. The maximum Gasteiger partial charge on any atom is 0.328 e. The molecule has 1 saturated heterocycles. The third-order valence-corrected chi connectivity index (χ3v) is 4.31. The summed E-state index contributed by atoms with van der Waals surface area (Å²) in [6, 6.07) is 8.31. The number of imide groups is 1. The molecule has 1 atom stereocenters. The topological polar surface area (TPSA) is 131 Å². The lowest BCUT2D eigenvalue weighted by Gasteiger charge is -2.30. The molecular weight excluding hydrogens is 399 g/mol. The molecule has 11 heteroatoms. The molecule has 0 aromatic heterocycles. The van der Waals surface area contributed by atoms with E-state index < -0.39 is 40.2 Å². The molecule has 2 aromatic rings. The Morgan fingerprint density at radius 3 is 2.63 bits per heavy atom. The minimum absolute atomic E-state index is 0.0505. The van der Waals surface area contributed by atoms with E-state index in [4.69, 9.17) is 4.74 Å². The highest BCUT2D eigenvalue weighted by Gasteiger charge is 2.39. The number of carbonyl (C=O) groups is 3. The highest BCUT2D eigenvalue weighted by molar-refractivity contribution is 6.23. The van der Waals surface area contributed by atoms with Crippen molar-refractivity contribution in [1.29, 1.82) is 0 Å². The number of urea groups is 1. The van der Waals surface area contributed by atoms with Gasteiger partial charge in [-0.15, -0.1) is 0 Å². The average Bonchev–Trinajstić information content (AvgIpc) is 2.70. The van der Waals surface area contributed by atoms with Gasteiger partial charge in [-0.05, 0) is 43.3 Å². The van der Waals surface area contributed by atoms with Crippen molar-refractivity contribution >= 4 is 34.9 Å². The van der Waals surface area contributed by atoms with Crippen LogP contribution in [-0.4, -0.2) is 35.9 Å². The van der Waals surface area contributed by atoms with Crippen LogP contribution in [-0.2, 0) is 9.59 Å². The lowest BCUT2D eigenvalue weighted by atomic mass is 10.0. The molecule has 1 aliphatic heterocycles. The highest BCUT2D eigenvalue weighted by atomic mass is 19.1. The molecule has 2 aromatic carbocycles. The van der Waals surface area contributed by atoms with Crippen molar-refractivity contribution < 1.29 is 28.4 Å². The van der Waals surface area contributed by atoms with Crippen molar-refractivity contribution in [1.82, 2.24) is 5.32 Å². The summed E-state index contributed by atoms with van der Waals surface area (Å²) in [7, 11) is 0. The van der Waals surface area contributed by atoms with Crippen LogP contribution in [0, 0.1) is 21.8 Å². The van der Waals surface area contributed by atoms with Gasteiger partial charge >= 0.3 is 11.7 Å². The summed E-state index contributed by atoms with van der Waals surface area (Å²) >= 11 is 0. The van der Waals surface area contributed by atoms with Gasteiger partial charge in [0.2, 0.25) is 17.6 Å². The van der Waals surface area contributed by atoms with E-state index >= 15 is 0 Å². The zero-order valence-corrected chi connectivity index (χ0v) is 15.8. The number of carbonyl (C=O) groups excluding carboxylic acids is 3. The van der Waals surface area contributed by atoms with Gasteiger partial charge in [-0.3, -0.25) is 19.7 Å². The quantitative estimate of drug-likeness (QED) is 0.422. The molecule has 2 N–H and O–H groups in total. The molecule has 4 amide bonds. The fourth-order valence-corrected chi connectivity index (χ4v) is 2.88. The molecule has 1 heterocycles. The van der Waals surface area contributed by atoms with Gasteiger partial charge in [0.25, 0.3) is 0 Å². The van der Waals surface area contributed by atoms with Crippen LogP contribution in [0.5, 0.6) is 5.75 Å². The van der Waals surface area contributed by atoms with E-state index in [-0.39, 0.29) is 17.9 Å². The number of benzene rings is 2. The predicted molar refractivity (Wildman–Crippen MR) is 104 cm³/mol. The molecule has 0 bridgehead atoms. The van der Waals surface area contributed by atoms with Crippen molar-refractivity contribution in [3.63, 3.8) is 0 Å². The summed E-state index contributed by atoms with van der Waals surface area (Å²) in [4.78, 5) is 48.4. The van der Waals surface area contributed by atoms with Crippen LogP contribution in [0.3, 0.4) is 0 Å². The largest absolute Gasteiger partial charge is 0.494 e. The Morgan fingerprint density at radius 1 is 1.30 bits per heavy atom. The van der Waals surface area contributed by atoms with E-state index in [0.29, 0.717) is 12.4 Å². The molecule has 10 nitrogen and oxygen atoms in total. The van der Waals surface area contributed by atoms with E-state index in [1.807, 2.05) is 6.92 Å². The number of hydrogen-bond donors (Lipinski definition) is 2. The summed E-state index contributed by atoms with van der Waals surface area (Å²) in [6.45, 7) is 2.01. The van der Waals surface area contributed by atoms with Gasteiger partial charge < -0.3 is 15.4 Å². The smallest absolute Gasteiger partial charge is 0.328 e. The van der Waals surface area contributed by atoms with Crippen molar-refractivity contribution in [2.24, 2.45) is 5.92 Å². The number of nitro groups is 1. The summed E-state index contributed by atoms with van der Waals surface area (Å²) < 4.78 is 18.8. The third kappa shape index (κ3) is 4.19. The molecule has 1 unspecified atom stereocenters. The van der Waals surface area contributed by atoms with Gasteiger partial charge in [-0.1, -0.05) is 0 Å². The highest BCUT2D eigenvalue weighted by Crippen LogP contribution is 2.25. The molecule has 0 radical (unpaired) electrons. The molecule has 0 spiro atoms. The van der Waals surface area contributed by atoms with Crippen molar-refractivity contribution in [2.45, 2.75) is 6.92 Å². The van der Waals surface area contributed by atoms with E-state index in [1.165, 1.54) is 12.1 Å². The van der Waals surface area contributed by atoms with Gasteiger partial charge in [-0.2, -0.15) is 4.39 Å². The number of nitrogens with one attached hydrogen (secondary N) is 2. The standard InChI is InChI=1S/C19H17FN4O6/c1-2-30-13-6-4-12(5-7-13)23-18(26)14(10-21-19(23)27)17(25)22-11-3-8-15(20)16(9-11)24(28)29/h3-9,14H,2,10H2,1H3,(H,21,27)(H,22,25). The lowest BCUT2D eigenvalue weighted by molar-refractivity contribution is -0.387. The van der Waals surface area contributed by atoms with Gasteiger partial charge in [0.15, 0.2) is 0 Å². The molecular formula is C19H17FN4O6. The lowest BCUT2D eigenvalue weighted by Crippen LogP contribution is -2.58. The second-order valence-electron chi connectivity index (χ2n) is 6.25. The second-order valence-corrected chi connectivity index (χ2v) is 6.25. The second kappa shape index (κ2) is 8.55. The predicted octanol–water partition coefficient (Wildman–Crippen LogP) is 2.44. The van der Waals surface area contributed by atoms with Crippen molar-refractivity contribution in [3.8, 4) is 5.75 Å². The molecule has 0 aliphatic carbocycles. The Kier molecular flexibility index (Phi) is 5.90. The minimum Gasteiger partial charge on any atom is -0.494 e. The first-order valence-electron chi connectivity index (χ1n) is 8.91. The Morgan fingerprint density at radius 2 is 2.00 bits per heavy atom. The number of halogens is 1. The summed E-state index contributed by atoms with van der Waals surface area (Å²) in [5.74, 6) is -3.34. The molecule has 1 aliphatic rings.